The number of nitrogens with zero attached hydrogens (tertiary/aromatic N) is 1. The van der Waals surface area contributed by atoms with Crippen LogP contribution >= 0.6 is 11.3 Å². The van der Waals surface area contributed by atoms with Gasteiger partial charge in [-0.15, -0.1) is 0 Å². The standard InChI is InChI=1S/C10H10N2S/c1-3-7-4-6(2)9-8(5-7)13-10(11)12-9/h3-5H,1H2,2H3,(H2,11,12). The number of nitrogen functional groups attached to an aromatic ring is 1. The monoisotopic (exact) mass is 190 g/mol. The van der Waals surface area contributed by atoms with Gasteiger partial charge in [-0.25, -0.2) is 4.98 Å². The van der Waals surface area contributed by atoms with Crippen molar-refractivity contribution < 1.29 is 0 Å². The van der Waals surface area contributed by atoms with Gasteiger partial charge < -0.3 is 5.73 Å². The first-order valence-electron chi connectivity index (χ1n) is 4.00. The molecule has 0 bridgehead atoms. The van der Waals surface area contributed by atoms with Crippen LogP contribution in [0.2, 0.25) is 0 Å². The van der Waals surface area contributed by atoms with Crippen LogP contribution in [0.15, 0.2) is 18.7 Å². The first-order valence-corrected chi connectivity index (χ1v) is 4.81. The number of aromatic nitrogens is 1. The topological polar surface area (TPSA) is 38.9 Å². The van der Waals surface area contributed by atoms with Crippen molar-refractivity contribution in [2.24, 2.45) is 0 Å². The quantitative estimate of drug-likeness (QED) is 0.751. The molecule has 0 aliphatic carbocycles. The number of nitrogens with two attached hydrogens (primary N) is 1. The molecule has 0 saturated carbocycles. The highest BCUT2D eigenvalue weighted by molar-refractivity contribution is 7.22. The Bertz CT molecular complexity index is 471. The summed E-state index contributed by atoms with van der Waals surface area (Å²) in [5, 5.41) is 0.624. The Kier molecular flexibility index (Phi) is 1.81. The molecular weight excluding hydrogens is 180 g/mol. The van der Waals surface area contributed by atoms with Crippen LogP contribution < -0.4 is 5.73 Å². The van der Waals surface area contributed by atoms with E-state index in [2.05, 4.69) is 23.7 Å². The number of thiazole rings is 1. The van der Waals surface area contributed by atoms with Crippen molar-refractivity contribution in [1.82, 2.24) is 4.98 Å². The highest BCUT2D eigenvalue weighted by Gasteiger charge is 2.04. The van der Waals surface area contributed by atoms with Gasteiger partial charge in [-0.05, 0) is 30.2 Å². The average Bonchev–Trinajstić information content (AvgIpc) is 2.46. The van der Waals surface area contributed by atoms with Gasteiger partial charge >= 0.3 is 0 Å². The third-order valence-electron chi connectivity index (χ3n) is 1.96. The van der Waals surface area contributed by atoms with E-state index in [4.69, 9.17) is 5.73 Å². The fraction of sp³-hybridized carbons (Fsp3) is 0.100. The number of anilines is 1. The molecule has 0 fully saturated rings. The normalized spacial score (nSPS) is 10.5. The fourth-order valence-electron chi connectivity index (χ4n) is 1.36. The minimum absolute atomic E-state index is 0.624. The predicted molar refractivity (Wildman–Crippen MR) is 58.9 cm³/mol. The van der Waals surface area contributed by atoms with E-state index >= 15 is 0 Å². The molecule has 0 aliphatic rings. The van der Waals surface area contributed by atoms with Crippen molar-refractivity contribution in [1.29, 1.82) is 0 Å². The van der Waals surface area contributed by atoms with Crippen LogP contribution in [0.1, 0.15) is 11.1 Å². The summed E-state index contributed by atoms with van der Waals surface area (Å²) in [6.07, 6.45) is 1.84. The van der Waals surface area contributed by atoms with E-state index in [-0.39, 0.29) is 0 Å². The molecule has 13 heavy (non-hydrogen) atoms. The lowest BCUT2D eigenvalue weighted by molar-refractivity contribution is 1.42. The molecule has 66 valence electrons. The van der Waals surface area contributed by atoms with Gasteiger partial charge in [-0.3, -0.25) is 0 Å². The molecule has 0 saturated heterocycles. The van der Waals surface area contributed by atoms with Crippen molar-refractivity contribution in [3.8, 4) is 0 Å². The van der Waals surface area contributed by atoms with Gasteiger partial charge in [0.05, 0.1) is 10.2 Å². The molecule has 0 aliphatic heterocycles. The predicted octanol–water partition coefficient (Wildman–Crippen LogP) is 2.83. The van der Waals surface area contributed by atoms with Gasteiger partial charge in [0, 0.05) is 0 Å². The molecule has 0 atom stereocenters. The van der Waals surface area contributed by atoms with Gasteiger partial charge in [0.2, 0.25) is 0 Å². The molecule has 3 heteroatoms. The Balaban J connectivity index is 2.82. The highest BCUT2D eigenvalue weighted by Crippen LogP contribution is 2.27. The van der Waals surface area contributed by atoms with Crippen molar-refractivity contribution in [2.75, 3.05) is 5.73 Å². The zero-order valence-electron chi connectivity index (χ0n) is 7.37. The summed E-state index contributed by atoms with van der Waals surface area (Å²) in [7, 11) is 0. The van der Waals surface area contributed by atoms with E-state index in [1.807, 2.05) is 13.0 Å². The van der Waals surface area contributed by atoms with Gasteiger partial charge in [-0.2, -0.15) is 0 Å². The first-order chi connectivity index (χ1) is 6.20. The number of aryl methyl sites for hydroxylation is 1. The van der Waals surface area contributed by atoms with Gasteiger partial charge in [-0.1, -0.05) is 24.0 Å². The molecule has 2 aromatic rings. The number of hydrogen-bond donors (Lipinski definition) is 1. The van der Waals surface area contributed by atoms with Gasteiger partial charge in [0.25, 0.3) is 0 Å². The molecule has 1 heterocycles. The smallest absolute Gasteiger partial charge is 0.181 e. The summed E-state index contributed by atoms with van der Waals surface area (Å²) < 4.78 is 1.13. The second-order valence-corrected chi connectivity index (χ2v) is 4.00. The fourth-order valence-corrected chi connectivity index (χ4v) is 2.22. The minimum Gasteiger partial charge on any atom is -0.375 e. The minimum atomic E-state index is 0.624. The third kappa shape index (κ3) is 1.31. The number of benzene rings is 1. The lowest BCUT2D eigenvalue weighted by atomic mass is 10.1. The number of fused-ring (bicyclic) bond motifs is 1. The second-order valence-electron chi connectivity index (χ2n) is 2.94. The molecule has 2 nitrogen and oxygen atoms in total. The summed E-state index contributed by atoms with van der Waals surface area (Å²) in [6, 6.07) is 4.12. The third-order valence-corrected chi connectivity index (χ3v) is 2.79. The molecule has 1 aromatic carbocycles. The first kappa shape index (κ1) is 8.26. The van der Waals surface area contributed by atoms with Crippen LogP contribution in [0, 0.1) is 6.92 Å². The molecule has 2 rings (SSSR count). The maximum absolute atomic E-state index is 5.63. The molecular formula is C10H10N2S. The summed E-state index contributed by atoms with van der Waals surface area (Å²) in [4.78, 5) is 4.25. The number of hydrogen-bond acceptors (Lipinski definition) is 3. The Hall–Kier alpha value is -1.35. The molecule has 0 unspecified atom stereocenters. The zero-order valence-corrected chi connectivity index (χ0v) is 8.19. The molecule has 0 amide bonds. The maximum Gasteiger partial charge on any atom is 0.181 e. The van der Waals surface area contributed by atoms with Crippen LogP contribution in [0.5, 0.6) is 0 Å². The van der Waals surface area contributed by atoms with Crippen LogP contribution in [0.4, 0.5) is 5.13 Å². The Morgan fingerprint density at radius 3 is 3.00 bits per heavy atom. The van der Waals surface area contributed by atoms with E-state index < -0.39 is 0 Å². The lowest BCUT2D eigenvalue weighted by Gasteiger charge is -1.96. The Morgan fingerprint density at radius 2 is 2.31 bits per heavy atom. The highest BCUT2D eigenvalue weighted by atomic mass is 32.1. The van der Waals surface area contributed by atoms with Crippen molar-refractivity contribution in [3.05, 3.63) is 29.8 Å². The van der Waals surface area contributed by atoms with Crippen molar-refractivity contribution in [3.63, 3.8) is 0 Å². The van der Waals surface area contributed by atoms with Crippen LogP contribution in [0.3, 0.4) is 0 Å². The van der Waals surface area contributed by atoms with Crippen LogP contribution in [-0.4, -0.2) is 4.98 Å². The number of rotatable bonds is 1. The Labute approximate surface area is 80.7 Å². The van der Waals surface area contributed by atoms with E-state index in [1.54, 1.807) is 0 Å². The largest absolute Gasteiger partial charge is 0.375 e. The van der Waals surface area contributed by atoms with Crippen molar-refractivity contribution in [2.45, 2.75) is 6.92 Å². The molecule has 0 spiro atoms. The van der Waals surface area contributed by atoms with E-state index in [9.17, 15) is 0 Å². The molecule has 1 aromatic heterocycles. The van der Waals surface area contributed by atoms with Crippen LogP contribution in [0.25, 0.3) is 16.3 Å². The lowest BCUT2D eigenvalue weighted by Crippen LogP contribution is -1.82. The summed E-state index contributed by atoms with van der Waals surface area (Å²) >= 11 is 1.51. The van der Waals surface area contributed by atoms with E-state index in [1.165, 1.54) is 11.3 Å². The van der Waals surface area contributed by atoms with Crippen LogP contribution in [-0.2, 0) is 0 Å². The van der Waals surface area contributed by atoms with Gasteiger partial charge in [0.1, 0.15) is 0 Å². The van der Waals surface area contributed by atoms with Crippen molar-refractivity contribution >= 4 is 32.8 Å². The Morgan fingerprint density at radius 1 is 1.54 bits per heavy atom. The summed E-state index contributed by atoms with van der Waals surface area (Å²) in [6.45, 7) is 5.77. The SMILES string of the molecule is C=Cc1cc(C)c2nc(N)sc2c1. The maximum atomic E-state index is 5.63. The molecule has 0 radical (unpaired) electrons. The second kappa shape index (κ2) is 2.85. The van der Waals surface area contributed by atoms with E-state index in [0.717, 1.165) is 21.3 Å². The molecule has 2 N–H and O–H groups in total. The zero-order chi connectivity index (χ0) is 9.42. The summed E-state index contributed by atoms with van der Waals surface area (Å²) in [5.41, 5.74) is 8.91. The average molecular weight is 190 g/mol. The van der Waals surface area contributed by atoms with E-state index in [0.29, 0.717) is 5.13 Å². The van der Waals surface area contributed by atoms with Gasteiger partial charge in [0.15, 0.2) is 5.13 Å². The summed E-state index contributed by atoms with van der Waals surface area (Å²) in [5.74, 6) is 0.